The Morgan fingerprint density at radius 2 is 2.20 bits per heavy atom. The largest absolute Gasteiger partial charge is 0.395 e. The number of hydrogen-bond donors (Lipinski definition) is 2. The van der Waals surface area contributed by atoms with Gasteiger partial charge in [-0.2, -0.15) is 0 Å². The average Bonchev–Trinajstić information content (AvgIpc) is 3.26. The molecule has 0 saturated heterocycles. The first kappa shape index (κ1) is 15.3. The predicted octanol–water partition coefficient (Wildman–Crippen LogP) is 1.69. The van der Waals surface area contributed by atoms with E-state index in [9.17, 15) is 5.11 Å². The van der Waals surface area contributed by atoms with E-state index in [1.807, 2.05) is 0 Å². The smallest absolute Gasteiger partial charge is 0.0606 e. The van der Waals surface area contributed by atoms with Crippen molar-refractivity contribution in [1.29, 1.82) is 0 Å². The van der Waals surface area contributed by atoms with Crippen LogP contribution in [0.1, 0.15) is 24.0 Å². The topological polar surface area (TPSA) is 44.7 Å². The summed E-state index contributed by atoms with van der Waals surface area (Å²) in [5.41, 5.74) is 3.84. The zero-order chi connectivity index (χ0) is 14.4. The molecule has 20 heavy (non-hydrogen) atoms. The molecule has 1 aromatic rings. The summed E-state index contributed by atoms with van der Waals surface area (Å²) < 4.78 is 5.06. The third-order valence-corrected chi connectivity index (χ3v) is 3.67. The summed E-state index contributed by atoms with van der Waals surface area (Å²) in [6.45, 7) is 5.47. The lowest BCUT2D eigenvalue weighted by molar-refractivity contribution is 0.199. The highest BCUT2D eigenvalue weighted by molar-refractivity contribution is 5.56. The lowest BCUT2D eigenvalue weighted by Crippen LogP contribution is -2.30. The summed E-state index contributed by atoms with van der Waals surface area (Å²) in [6.07, 6.45) is 2.48. The van der Waals surface area contributed by atoms with E-state index < -0.39 is 0 Å². The quantitative estimate of drug-likeness (QED) is 0.675. The maximum atomic E-state index is 9.29. The molecular formula is C16H26N2O2. The Bertz CT molecular complexity index is 419. The van der Waals surface area contributed by atoms with Crippen LogP contribution in [0.25, 0.3) is 0 Å². The minimum atomic E-state index is 0.209. The predicted molar refractivity (Wildman–Crippen MR) is 82.2 cm³/mol. The summed E-state index contributed by atoms with van der Waals surface area (Å²) in [7, 11) is 1.72. The monoisotopic (exact) mass is 278 g/mol. The van der Waals surface area contributed by atoms with Crippen LogP contribution in [-0.2, 0) is 11.3 Å². The van der Waals surface area contributed by atoms with Gasteiger partial charge < -0.3 is 20.1 Å². The van der Waals surface area contributed by atoms with Crippen molar-refractivity contribution < 1.29 is 9.84 Å². The second-order valence-electron chi connectivity index (χ2n) is 5.45. The standard InChI is InChI=1S/C16H26N2O2/c1-13-3-6-16(18(8-9-19)15-4-5-15)14(11-13)12-17-7-10-20-2/h3,6,11,15,17,19H,4-5,7-10,12H2,1-2H3. The normalized spacial score (nSPS) is 14.6. The van der Waals surface area contributed by atoms with Gasteiger partial charge in [-0.15, -0.1) is 0 Å². The van der Waals surface area contributed by atoms with Crippen LogP contribution >= 0.6 is 0 Å². The van der Waals surface area contributed by atoms with Crippen LogP contribution in [0.5, 0.6) is 0 Å². The van der Waals surface area contributed by atoms with Crippen LogP contribution in [0, 0.1) is 6.92 Å². The number of nitrogens with zero attached hydrogens (tertiary/aromatic N) is 1. The number of nitrogens with one attached hydrogen (secondary N) is 1. The Balaban J connectivity index is 2.09. The van der Waals surface area contributed by atoms with Gasteiger partial charge in [0.2, 0.25) is 0 Å². The first-order valence-electron chi connectivity index (χ1n) is 7.43. The molecule has 1 saturated carbocycles. The molecule has 0 radical (unpaired) electrons. The summed E-state index contributed by atoms with van der Waals surface area (Å²) >= 11 is 0. The van der Waals surface area contributed by atoms with Crippen LogP contribution in [-0.4, -0.2) is 44.6 Å². The number of ether oxygens (including phenoxy) is 1. The van der Waals surface area contributed by atoms with Crippen LogP contribution in [0.4, 0.5) is 5.69 Å². The van der Waals surface area contributed by atoms with Gasteiger partial charge >= 0.3 is 0 Å². The Labute approximate surface area is 121 Å². The summed E-state index contributed by atoms with van der Waals surface area (Å²) in [5, 5.41) is 12.7. The number of methoxy groups -OCH3 is 1. The van der Waals surface area contributed by atoms with E-state index in [1.165, 1.54) is 29.7 Å². The molecule has 0 amide bonds. The van der Waals surface area contributed by atoms with Crippen molar-refractivity contribution in [1.82, 2.24) is 5.32 Å². The highest BCUT2D eigenvalue weighted by Crippen LogP contribution is 2.33. The number of aliphatic hydroxyl groups is 1. The van der Waals surface area contributed by atoms with Crippen LogP contribution in [0.2, 0.25) is 0 Å². The second-order valence-corrected chi connectivity index (χ2v) is 5.45. The molecular weight excluding hydrogens is 252 g/mol. The number of aliphatic hydroxyl groups excluding tert-OH is 1. The molecule has 1 fully saturated rings. The van der Waals surface area contributed by atoms with Gasteiger partial charge in [-0.05, 0) is 31.4 Å². The van der Waals surface area contributed by atoms with Crippen LogP contribution in [0.3, 0.4) is 0 Å². The maximum Gasteiger partial charge on any atom is 0.0606 e. The molecule has 1 aliphatic carbocycles. The van der Waals surface area contributed by atoms with Gasteiger partial charge in [0.15, 0.2) is 0 Å². The van der Waals surface area contributed by atoms with Crippen molar-refractivity contribution in [2.75, 3.05) is 38.3 Å². The molecule has 4 nitrogen and oxygen atoms in total. The number of anilines is 1. The number of benzene rings is 1. The van der Waals surface area contributed by atoms with Gasteiger partial charge in [-0.3, -0.25) is 0 Å². The van der Waals surface area contributed by atoms with Gasteiger partial charge in [0.05, 0.1) is 13.2 Å². The Morgan fingerprint density at radius 3 is 2.85 bits per heavy atom. The SMILES string of the molecule is COCCNCc1cc(C)ccc1N(CCO)C1CC1. The number of aryl methyl sites for hydroxylation is 1. The van der Waals surface area contributed by atoms with E-state index in [0.29, 0.717) is 6.04 Å². The fraction of sp³-hybridized carbons (Fsp3) is 0.625. The average molecular weight is 278 g/mol. The molecule has 2 rings (SSSR count). The summed E-state index contributed by atoms with van der Waals surface area (Å²) in [4.78, 5) is 2.35. The van der Waals surface area contributed by atoms with Gasteiger partial charge in [0, 0.05) is 38.5 Å². The van der Waals surface area contributed by atoms with Crippen molar-refractivity contribution in [3.8, 4) is 0 Å². The minimum Gasteiger partial charge on any atom is -0.395 e. The number of hydrogen-bond acceptors (Lipinski definition) is 4. The molecule has 0 unspecified atom stereocenters. The molecule has 2 N–H and O–H groups in total. The molecule has 0 bridgehead atoms. The third kappa shape index (κ3) is 4.20. The maximum absolute atomic E-state index is 9.29. The molecule has 0 aliphatic heterocycles. The van der Waals surface area contributed by atoms with Crippen molar-refractivity contribution in [2.24, 2.45) is 0 Å². The lowest BCUT2D eigenvalue weighted by Gasteiger charge is -2.27. The second kappa shape index (κ2) is 7.62. The van der Waals surface area contributed by atoms with Crippen molar-refractivity contribution in [2.45, 2.75) is 32.4 Å². The molecule has 112 valence electrons. The van der Waals surface area contributed by atoms with Crippen LogP contribution < -0.4 is 10.2 Å². The fourth-order valence-corrected chi connectivity index (χ4v) is 2.53. The Morgan fingerprint density at radius 1 is 1.40 bits per heavy atom. The summed E-state index contributed by atoms with van der Waals surface area (Å²) in [5.74, 6) is 0. The van der Waals surface area contributed by atoms with Gasteiger partial charge in [-0.1, -0.05) is 17.7 Å². The van der Waals surface area contributed by atoms with Crippen molar-refractivity contribution in [3.05, 3.63) is 29.3 Å². The van der Waals surface area contributed by atoms with E-state index in [0.717, 1.165) is 26.2 Å². The third-order valence-electron chi connectivity index (χ3n) is 3.67. The Kier molecular flexibility index (Phi) is 5.83. The van der Waals surface area contributed by atoms with Crippen molar-refractivity contribution >= 4 is 5.69 Å². The van der Waals surface area contributed by atoms with Crippen molar-refractivity contribution in [3.63, 3.8) is 0 Å². The van der Waals surface area contributed by atoms with E-state index in [4.69, 9.17) is 4.74 Å². The first-order chi connectivity index (χ1) is 9.76. The minimum absolute atomic E-state index is 0.209. The van der Waals surface area contributed by atoms with E-state index in [2.05, 4.69) is 35.3 Å². The molecule has 0 spiro atoms. The van der Waals surface area contributed by atoms with E-state index in [-0.39, 0.29) is 6.61 Å². The van der Waals surface area contributed by atoms with E-state index in [1.54, 1.807) is 7.11 Å². The molecule has 0 heterocycles. The highest BCUT2D eigenvalue weighted by atomic mass is 16.5. The summed E-state index contributed by atoms with van der Waals surface area (Å²) in [6, 6.07) is 7.20. The first-order valence-corrected chi connectivity index (χ1v) is 7.43. The molecule has 0 atom stereocenters. The van der Waals surface area contributed by atoms with E-state index >= 15 is 0 Å². The number of rotatable bonds is 9. The highest BCUT2D eigenvalue weighted by Gasteiger charge is 2.29. The fourth-order valence-electron chi connectivity index (χ4n) is 2.53. The zero-order valence-corrected chi connectivity index (χ0v) is 12.6. The van der Waals surface area contributed by atoms with Gasteiger partial charge in [0.1, 0.15) is 0 Å². The molecule has 0 aromatic heterocycles. The molecule has 1 aromatic carbocycles. The molecule has 1 aliphatic rings. The Hall–Kier alpha value is -1.10. The van der Waals surface area contributed by atoms with Crippen LogP contribution in [0.15, 0.2) is 18.2 Å². The zero-order valence-electron chi connectivity index (χ0n) is 12.6. The lowest BCUT2D eigenvalue weighted by atomic mass is 10.1. The molecule has 4 heteroatoms. The van der Waals surface area contributed by atoms with Gasteiger partial charge in [-0.25, -0.2) is 0 Å². The van der Waals surface area contributed by atoms with Gasteiger partial charge in [0.25, 0.3) is 0 Å².